The Labute approximate surface area is 128 Å². The maximum absolute atomic E-state index is 13.2. The number of halogens is 3. The summed E-state index contributed by atoms with van der Waals surface area (Å²) in [5.41, 5.74) is 9.88. The van der Waals surface area contributed by atoms with E-state index in [2.05, 4.69) is 21.8 Å². The molecule has 0 aliphatic carbocycles. The molecule has 0 bridgehead atoms. The van der Waals surface area contributed by atoms with Gasteiger partial charge in [-0.05, 0) is 32.5 Å². The zero-order valence-electron chi connectivity index (χ0n) is 12.8. The van der Waals surface area contributed by atoms with E-state index in [1.165, 1.54) is 6.21 Å². The normalized spacial score (nSPS) is 31.3. The van der Waals surface area contributed by atoms with Crippen LogP contribution in [0.2, 0.25) is 0 Å². The molecule has 2 unspecified atom stereocenters. The minimum Gasteiger partial charge on any atom is -0.384 e. The average Bonchev–Trinajstić information content (AvgIpc) is 2.43. The third kappa shape index (κ3) is 4.21. The van der Waals surface area contributed by atoms with E-state index in [-0.39, 0.29) is 12.2 Å². The first-order chi connectivity index (χ1) is 10.2. The molecule has 0 aromatic rings. The molecule has 0 aromatic heterocycles. The lowest BCUT2D eigenvalue weighted by atomic mass is 9.79. The summed E-state index contributed by atoms with van der Waals surface area (Å²) in [5.74, 6) is -1.90. The van der Waals surface area contributed by atoms with Crippen molar-refractivity contribution in [2.24, 2.45) is 22.4 Å². The summed E-state index contributed by atoms with van der Waals surface area (Å²) < 4.78 is 39.5. The van der Waals surface area contributed by atoms with Crippen LogP contribution >= 0.6 is 0 Å². The summed E-state index contributed by atoms with van der Waals surface area (Å²) in [4.78, 5) is 8.29. The molecule has 0 spiro atoms. The summed E-state index contributed by atoms with van der Waals surface area (Å²) in [7, 11) is 2.06. The van der Waals surface area contributed by atoms with Gasteiger partial charge >= 0.3 is 6.18 Å². The first kappa shape index (κ1) is 17.2. The van der Waals surface area contributed by atoms with Gasteiger partial charge in [0.2, 0.25) is 0 Å². The molecule has 126 valence electrons. The van der Waals surface area contributed by atoms with Gasteiger partial charge in [0.05, 0.1) is 11.5 Å². The van der Waals surface area contributed by atoms with Crippen molar-refractivity contribution in [2.45, 2.75) is 24.6 Å². The SMILES string of the molecule is CN1CCN(CCCC2(N)C=NC(N)=CC2C(F)(F)F)CC1. The van der Waals surface area contributed by atoms with Crippen molar-refractivity contribution in [1.29, 1.82) is 0 Å². The number of nitrogens with two attached hydrogens (primary N) is 2. The molecule has 0 amide bonds. The Balaban J connectivity index is 1.91. The molecular weight excluding hydrogens is 295 g/mol. The maximum Gasteiger partial charge on any atom is 0.397 e. The topological polar surface area (TPSA) is 70.9 Å². The molecule has 0 radical (unpaired) electrons. The number of aliphatic imine (C=N–C) groups is 1. The molecule has 8 heteroatoms. The van der Waals surface area contributed by atoms with Gasteiger partial charge in [-0.1, -0.05) is 0 Å². The highest BCUT2D eigenvalue weighted by Gasteiger charge is 2.50. The number of likely N-dealkylation sites (N-methyl/N-ethyl adjacent to an activating group) is 1. The van der Waals surface area contributed by atoms with Crippen molar-refractivity contribution in [3.05, 3.63) is 11.9 Å². The third-order valence-corrected chi connectivity index (χ3v) is 4.40. The zero-order chi connectivity index (χ0) is 16.4. The molecule has 4 N–H and O–H groups in total. The second-order valence-corrected chi connectivity index (χ2v) is 6.23. The van der Waals surface area contributed by atoms with Gasteiger partial charge < -0.3 is 21.3 Å². The van der Waals surface area contributed by atoms with Crippen LogP contribution in [0.25, 0.3) is 0 Å². The van der Waals surface area contributed by atoms with Crippen LogP contribution in [0.15, 0.2) is 16.9 Å². The van der Waals surface area contributed by atoms with Crippen LogP contribution in [0.3, 0.4) is 0 Å². The summed E-state index contributed by atoms with van der Waals surface area (Å²) >= 11 is 0. The molecule has 5 nitrogen and oxygen atoms in total. The molecule has 0 saturated carbocycles. The molecule has 1 saturated heterocycles. The molecular formula is C14H24F3N5. The summed E-state index contributed by atoms with van der Waals surface area (Å²) in [6, 6.07) is 0. The standard InChI is InChI=1S/C14H24F3N5/c1-21-5-7-22(8-6-21)4-2-3-13(19)10-20-12(18)9-11(13)14(15,16)17/h9-11H,2-8,18-19H2,1H3. The van der Waals surface area contributed by atoms with E-state index in [1.807, 2.05) is 0 Å². The fourth-order valence-corrected chi connectivity index (χ4v) is 2.94. The fourth-order valence-electron chi connectivity index (χ4n) is 2.94. The van der Waals surface area contributed by atoms with Gasteiger partial charge in [-0.25, -0.2) is 4.99 Å². The number of hydrogen-bond donors (Lipinski definition) is 2. The molecule has 1 fully saturated rings. The van der Waals surface area contributed by atoms with E-state index in [1.54, 1.807) is 0 Å². The van der Waals surface area contributed by atoms with Crippen LogP contribution in [0.5, 0.6) is 0 Å². The van der Waals surface area contributed by atoms with Crippen LogP contribution in [0.1, 0.15) is 12.8 Å². The Hall–Kier alpha value is -1.12. The predicted molar refractivity (Wildman–Crippen MR) is 80.4 cm³/mol. The second-order valence-electron chi connectivity index (χ2n) is 6.23. The Morgan fingerprint density at radius 3 is 2.55 bits per heavy atom. The van der Waals surface area contributed by atoms with E-state index in [4.69, 9.17) is 11.5 Å². The van der Waals surface area contributed by atoms with Crippen LogP contribution in [0, 0.1) is 5.92 Å². The molecule has 2 aliphatic heterocycles. The van der Waals surface area contributed by atoms with Crippen LogP contribution in [0.4, 0.5) is 13.2 Å². The van der Waals surface area contributed by atoms with Crippen molar-refractivity contribution < 1.29 is 13.2 Å². The number of nitrogens with zero attached hydrogens (tertiary/aromatic N) is 3. The maximum atomic E-state index is 13.2. The smallest absolute Gasteiger partial charge is 0.384 e. The van der Waals surface area contributed by atoms with Crippen LogP contribution in [-0.2, 0) is 0 Å². The largest absolute Gasteiger partial charge is 0.397 e. The van der Waals surface area contributed by atoms with Crippen molar-refractivity contribution in [3.63, 3.8) is 0 Å². The zero-order valence-corrected chi connectivity index (χ0v) is 12.8. The Morgan fingerprint density at radius 1 is 1.32 bits per heavy atom. The lowest BCUT2D eigenvalue weighted by Crippen LogP contribution is -2.55. The second kappa shape index (κ2) is 6.55. The first-order valence-corrected chi connectivity index (χ1v) is 7.50. The van der Waals surface area contributed by atoms with Crippen molar-refractivity contribution in [1.82, 2.24) is 9.80 Å². The monoisotopic (exact) mass is 319 g/mol. The average molecular weight is 319 g/mol. The third-order valence-electron chi connectivity index (χ3n) is 4.40. The highest BCUT2D eigenvalue weighted by Crippen LogP contribution is 2.38. The lowest BCUT2D eigenvalue weighted by molar-refractivity contribution is -0.172. The molecule has 22 heavy (non-hydrogen) atoms. The predicted octanol–water partition coefficient (Wildman–Crippen LogP) is 0.774. The number of hydrogen-bond acceptors (Lipinski definition) is 5. The summed E-state index contributed by atoms with van der Waals surface area (Å²) in [6.45, 7) is 4.61. The first-order valence-electron chi connectivity index (χ1n) is 7.50. The van der Waals surface area contributed by atoms with Gasteiger partial charge in [0.15, 0.2) is 0 Å². The van der Waals surface area contributed by atoms with Gasteiger partial charge in [0.25, 0.3) is 0 Å². The Bertz CT molecular complexity index is 440. The summed E-state index contributed by atoms with van der Waals surface area (Å²) in [5, 5.41) is 0. The van der Waals surface area contributed by atoms with E-state index in [0.717, 1.165) is 38.8 Å². The molecule has 2 rings (SSSR count). The van der Waals surface area contributed by atoms with Crippen molar-refractivity contribution >= 4 is 6.21 Å². The van der Waals surface area contributed by atoms with Crippen molar-refractivity contribution in [3.8, 4) is 0 Å². The number of rotatable bonds is 4. The Kier molecular flexibility index (Phi) is 5.14. The van der Waals surface area contributed by atoms with E-state index in [0.29, 0.717) is 6.42 Å². The highest BCUT2D eigenvalue weighted by atomic mass is 19.4. The minimum atomic E-state index is -4.42. The molecule has 2 atom stereocenters. The number of piperazine rings is 1. The van der Waals surface area contributed by atoms with Crippen LogP contribution < -0.4 is 11.5 Å². The van der Waals surface area contributed by atoms with E-state index < -0.39 is 17.6 Å². The van der Waals surface area contributed by atoms with E-state index in [9.17, 15) is 13.2 Å². The van der Waals surface area contributed by atoms with Crippen molar-refractivity contribution in [2.75, 3.05) is 39.8 Å². The molecule has 2 aliphatic rings. The van der Waals surface area contributed by atoms with Gasteiger partial charge in [-0.15, -0.1) is 0 Å². The quantitative estimate of drug-likeness (QED) is 0.803. The number of alkyl halides is 3. The van der Waals surface area contributed by atoms with Crippen LogP contribution in [-0.4, -0.2) is 67.5 Å². The minimum absolute atomic E-state index is 0.123. The highest BCUT2D eigenvalue weighted by molar-refractivity contribution is 5.73. The summed E-state index contributed by atoms with van der Waals surface area (Å²) in [6.07, 6.45) is -1.48. The van der Waals surface area contributed by atoms with Gasteiger partial charge in [0, 0.05) is 32.4 Å². The van der Waals surface area contributed by atoms with Gasteiger partial charge in [-0.3, -0.25) is 0 Å². The lowest BCUT2D eigenvalue weighted by Gasteiger charge is -2.37. The van der Waals surface area contributed by atoms with E-state index >= 15 is 0 Å². The molecule has 2 heterocycles. The van der Waals surface area contributed by atoms with Gasteiger partial charge in [-0.2, -0.15) is 13.2 Å². The fraction of sp³-hybridized carbons (Fsp3) is 0.786. The van der Waals surface area contributed by atoms with Gasteiger partial charge in [0.1, 0.15) is 5.82 Å². The Morgan fingerprint density at radius 2 is 1.95 bits per heavy atom. The molecule has 0 aromatic carbocycles.